The Bertz CT molecular complexity index is 2400. The Morgan fingerprint density at radius 1 is 0.652 bits per heavy atom. The first-order valence-corrected chi connectivity index (χ1v) is 20.6. The maximum atomic E-state index is 13.4. The van der Waals surface area contributed by atoms with Gasteiger partial charge in [0.05, 0.1) is 44.6 Å². The molecule has 1 atom stereocenters. The number of H-pyrrole nitrogens is 1. The predicted molar refractivity (Wildman–Crippen MR) is 237 cm³/mol. The van der Waals surface area contributed by atoms with Crippen LogP contribution in [0.4, 0.5) is 23.0 Å². The first-order chi connectivity index (χ1) is 31.5. The van der Waals surface area contributed by atoms with Crippen molar-refractivity contribution in [2.45, 2.75) is 25.4 Å². The van der Waals surface area contributed by atoms with E-state index in [1.807, 2.05) is 0 Å². The minimum Gasteiger partial charge on any atom is -0.481 e. The third-order valence-corrected chi connectivity index (χ3v) is 10.2. The van der Waals surface area contributed by atoms with E-state index in [-0.39, 0.29) is 120 Å². The number of rotatable bonds is 19. The van der Waals surface area contributed by atoms with Crippen LogP contribution in [0.2, 0.25) is 0 Å². The molecular formula is C41H51N13O12. The summed E-state index contributed by atoms with van der Waals surface area (Å²) in [6.07, 6.45) is 0.796. The SMILES string of the molecule is Nc1nc2ncc(CNc3ccc(C(=O)NC(CCC(=O)O)C(=O)Nc4ccc(NC(=O)CN5CCN(CC(=O)O)CCN(CC(=O)O)CCN(CC(=O)O)CC5)cc4)cc3)nc2c(=O)[nH]1. The molecule has 0 saturated carbocycles. The van der Waals surface area contributed by atoms with E-state index in [0.717, 1.165) is 0 Å². The van der Waals surface area contributed by atoms with Crippen molar-refractivity contribution in [1.29, 1.82) is 0 Å². The number of fused-ring (bicyclic) bond motifs is 1. The van der Waals surface area contributed by atoms with Gasteiger partial charge in [0.1, 0.15) is 6.04 Å². The lowest BCUT2D eigenvalue weighted by molar-refractivity contribution is -0.140. The van der Waals surface area contributed by atoms with Gasteiger partial charge in [0.15, 0.2) is 11.2 Å². The molecule has 1 unspecified atom stereocenters. The summed E-state index contributed by atoms with van der Waals surface area (Å²) in [5.41, 5.74) is 6.99. The molecular weight excluding hydrogens is 867 g/mol. The van der Waals surface area contributed by atoms with Gasteiger partial charge in [0, 0.05) is 81.4 Å². The largest absolute Gasteiger partial charge is 0.481 e. The number of amides is 3. The van der Waals surface area contributed by atoms with Gasteiger partial charge in [-0.25, -0.2) is 9.97 Å². The maximum Gasteiger partial charge on any atom is 0.317 e. The second kappa shape index (κ2) is 23.9. The number of nitrogen functional groups attached to an aromatic ring is 1. The number of aromatic nitrogens is 4. The van der Waals surface area contributed by atoms with Gasteiger partial charge in [-0.2, -0.15) is 4.98 Å². The van der Waals surface area contributed by atoms with E-state index in [4.69, 9.17) is 5.73 Å². The van der Waals surface area contributed by atoms with Gasteiger partial charge in [-0.1, -0.05) is 0 Å². The van der Waals surface area contributed by atoms with Crippen LogP contribution >= 0.6 is 0 Å². The summed E-state index contributed by atoms with van der Waals surface area (Å²) >= 11 is 0. The standard InChI is InChI=1S/C41H51N13O12/c42-41-49-37-36(40(66)50-41)46-29(20-44-37)19-43-26-3-1-25(2-4-26)38(64)48-30(9-10-32(56)57)39(65)47-28-7-5-27(6-8-28)45-31(55)21-51-11-13-52(22-33(58)59)15-17-54(24-35(62)63)18-16-53(14-12-51)23-34(60)61/h1-8,20,30,43H,9-19,21-24H2,(H,45,55)(H,47,65)(H,48,64)(H,56,57)(H,58,59)(H,60,61)(H,62,63)(H3,42,44,49,50,66). The molecule has 3 amide bonds. The van der Waals surface area contributed by atoms with Gasteiger partial charge < -0.3 is 47.4 Å². The second-order valence-corrected chi connectivity index (χ2v) is 15.3. The molecule has 1 fully saturated rings. The normalized spacial score (nSPS) is 15.1. The molecule has 1 aliphatic rings. The van der Waals surface area contributed by atoms with Crippen LogP contribution in [0.25, 0.3) is 11.2 Å². The van der Waals surface area contributed by atoms with E-state index in [0.29, 0.717) is 17.1 Å². The van der Waals surface area contributed by atoms with E-state index in [9.17, 15) is 58.8 Å². The smallest absolute Gasteiger partial charge is 0.317 e. The summed E-state index contributed by atoms with van der Waals surface area (Å²) in [4.78, 5) is 120. The monoisotopic (exact) mass is 917 g/mol. The molecule has 0 spiro atoms. The quantitative estimate of drug-likeness (QED) is 0.0535. The highest BCUT2D eigenvalue weighted by Crippen LogP contribution is 2.16. The summed E-state index contributed by atoms with van der Waals surface area (Å²) < 4.78 is 0. The van der Waals surface area contributed by atoms with E-state index < -0.39 is 59.6 Å². The molecule has 4 aromatic rings. The Morgan fingerprint density at radius 2 is 1.14 bits per heavy atom. The topological polar surface area (TPSA) is 359 Å². The number of carboxylic acids is 4. The van der Waals surface area contributed by atoms with Crippen molar-refractivity contribution >= 4 is 75.8 Å². The maximum absolute atomic E-state index is 13.4. The first kappa shape index (κ1) is 49.4. The number of nitrogens with one attached hydrogen (secondary N) is 5. The minimum absolute atomic E-state index is 0.0217. The molecule has 2 aromatic carbocycles. The minimum atomic E-state index is -1.24. The molecule has 352 valence electrons. The Labute approximate surface area is 376 Å². The molecule has 0 bridgehead atoms. The van der Waals surface area contributed by atoms with Crippen LogP contribution < -0.4 is 32.6 Å². The van der Waals surface area contributed by atoms with Crippen LogP contribution in [0.5, 0.6) is 0 Å². The highest BCUT2D eigenvalue weighted by molar-refractivity contribution is 6.01. The Balaban J connectivity index is 1.16. The van der Waals surface area contributed by atoms with Crippen molar-refractivity contribution in [3.63, 3.8) is 0 Å². The third kappa shape index (κ3) is 16.2. The number of aromatic amines is 1. The average molecular weight is 918 g/mol. The molecule has 66 heavy (non-hydrogen) atoms. The lowest BCUT2D eigenvalue weighted by atomic mass is 10.1. The number of carbonyl (C=O) groups is 7. The highest BCUT2D eigenvalue weighted by atomic mass is 16.4. The van der Waals surface area contributed by atoms with Crippen molar-refractivity contribution in [2.75, 3.05) is 100 Å². The predicted octanol–water partition coefficient (Wildman–Crippen LogP) is -1.08. The number of nitrogens with zero attached hydrogens (tertiary/aromatic N) is 7. The van der Waals surface area contributed by atoms with Crippen LogP contribution in [0.3, 0.4) is 0 Å². The summed E-state index contributed by atoms with van der Waals surface area (Å²) in [5, 5.41) is 48.8. The summed E-state index contributed by atoms with van der Waals surface area (Å²) in [6, 6.07) is 11.0. The van der Waals surface area contributed by atoms with Crippen LogP contribution in [0.1, 0.15) is 28.9 Å². The molecule has 1 saturated heterocycles. The Hall–Kier alpha value is -7.61. The fourth-order valence-electron chi connectivity index (χ4n) is 6.82. The zero-order valence-electron chi connectivity index (χ0n) is 35.6. The third-order valence-electron chi connectivity index (χ3n) is 10.2. The average Bonchev–Trinajstić information content (AvgIpc) is 3.25. The van der Waals surface area contributed by atoms with Gasteiger partial charge in [0.2, 0.25) is 17.8 Å². The van der Waals surface area contributed by atoms with Gasteiger partial charge in [-0.15, -0.1) is 0 Å². The van der Waals surface area contributed by atoms with Crippen LogP contribution in [-0.2, 0) is 35.3 Å². The van der Waals surface area contributed by atoms with Crippen molar-refractivity contribution < 1.29 is 54.0 Å². The Morgan fingerprint density at radius 3 is 1.64 bits per heavy atom. The van der Waals surface area contributed by atoms with Crippen LogP contribution in [0.15, 0.2) is 59.5 Å². The number of anilines is 4. The number of hydrogen-bond donors (Lipinski definition) is 10. The molecule has 25 heteroatoms. The number of nitrogens with two attached hydrogens (primary N) is 1. The van der Waals surface area contributed by atoms with Gasteiger partial charge in [0.25, 0.3) is 11.5 Å². The van der Waals surface area contributed by atoms with Gasteiger partial charge >= 0.3 is 23.9 Å². The summed E-state index contributed by atoms with van der Waals surface area (Å²) in [7, 11) is 0. The van der Waals surface area contributed by atoms with Crippen LogP contribution in [-0.4, -0.2) is 186 Å². The highest BCUT2D eigenvalue weighted by Gasteiger charge is 2.24. The molecule has 1 aliphatic heterocycles. The van der Waals surface area contributed by atoms with E-state index >= 15 is 0 Å². The van der Waals surface area contributed by atoms with E-state index in [1.54, 1.807) is 31.7 Å². The van der Waals surface area contributed by atoms with E-state index in [1.165, 1.54) is 42.6 Å². The van der Waals surface area contributed by atoms with Crippen molar-refractivity contribution in [1.82, 2.24) is 44.9 Å². The van der Waals surface area contributed by atoms with E-state index in [2.05, 4.69) is 41.2 Å². The van der Waals surface area contributed by atoms with Gasteiger partial charge in [-0.3, -0.25) is 62.9 Å². The van der Waals surface area contributed by atoms with Gasteiger partial charge in [-0.05, 0) is 55.0 Å². The lowest BCUT2D eigenvalue weighted by Gasteiger charge is -2.32. The van der Waals surface area contributed by atoms with Crippen molar-refractivity contribution in [3.8, 4) is 0 Å². The summed E-state index contributed by atoms with van der Waals surface area (Å²) in [6.45, 7) is 1.03. The number of carbonyl (C=O) groups excluding carboxylic acids is 3. The molecule has 5 rings (SSSR count). The number of aliphatic carboxylic acids is 4. The molecule has 3 heterocycles. The number of hydrogen-bond acceptors (Lipinski definition) is 17. The molecule has 11 N–H and O–H groups in total. The lowest BCUT2D eigenvalue weighted by Crippen LogP contribution is -2.49. The number of benzene rings is 2. The van der Waals surface area contributed by atoms with Crippen molar-refractivity contribution in [2.24, 2.45) is 0 Å². The number of carboxylic acid groups (broad SMARTS) is 4. The zero-order valence-corrected chi connectivity index (χ0v) is 35.6. The molecule has 25 nitrogen and oxygen atoms in total. The fourth-order valence-corrected chi connectivity index (χ4v) is 6.82. The fraction of sp³-hybridized carbons (Fsp3) is 0.390. The molecule has 0 radical (unpaired) electrons. The van der Waals surface area contributed by atoms with Crippen molar-refractivity contribution in [3.05, 3.63) is 76.3 Å². The Kier molecular flexibility index (Phi) is 17.9. The first-order valence-electron chi connectivity index (χ1n) is 20.6. The molecule has 0 aliphatic carbocycles. The van der Waals surface area contributed by atoms with Crippen LogP contribution in [0, 0.1) is 0 Å². The summed E-state index contributed by atoms with van der Waals surface area (Å²) in [5.74, 6) is -6.22. The molecule has 2 aromatic heterocycles. The zero-order chi connectivity index (χ0) is 47.8. The second-order valence-electron chi connectivity index (χ2n) is 15.3.